The number of carboxylic acids is 1. The molecule has 10 nitrogen and oxygen atoms in total. The van der Waals surface area contributed by atoms with Gasteiger partial charge in [-0.1, -0.05) is 30.3 Å². The van der Waals surface area contributed by atoms with Crippen molar-refractivity contribution in [2.75, 3.05) is 52.8 Å². The molecular weight excluding hydrogens is 374 g/mol. The first kappa shape index (κ1) is 23.2. The van der Waals surface area contributed by atoms with Crippen molar-refractivity contribution in [2.24, 2.45) is 0 Å². The van der Waals surface area contributed by atoms with E-state index in [0.29, 0.717) is 0 Å². The predicted molar refractivity (Wildman–Crippen MR) is 94.8 cm³/mol. The summed E-state index contributed by atoms with van der Waals surface area (Å²) in [6.07, 6.45) is 0. The van der Waals surface area contributed by atoms with E-state index in [1.807, 2.05) is 0 Å². The van der Waals surface area contributed by atoms with E-state index in [1.54, 1.807) is 18.2 Å². The number of rotatable bonds is 15. The molecule has 0 unspecified atom stereocenters. The van der Waals surface area contributed by atoms with Crippen LogP contribution in [-0.2, 0) is 33.3 Å². The van der Waals surface area contributed by atoms with Gasteiger partial charge in [0.25, 0.3) is 5.78 Å². The van der Waals surface area contributed by atoms with Crippen LogP contribution in [0.25, 0.3) is 0 Å². The molecule has 1 amide bonds. The van der Waals surface area contributed by atoms with Crippen LogP contribution in [-0.4, -0.2) is 81.5 Å². The number of hydrogen-bond donors (Lipinski definition) is 2. The van der Waals surface area contributed by atoms with Crippen LogP contribution in [0.15, 0.2) is 30.3 Å². The van der Waals surface area contributed by atoms with Crippen LogP contribution >= 0.6 is 0 Å². The smallest absolute Gasteiger partial charge is 0.379 e. The first-order valence-corrected chi connectivity index (χ1v) is 8.49. The second kappa shape index (κ2) is 14.3. The molecule has 28 heavy (non-hydrogen) atoms. The number of carboxylic acid groups (broad SMARTS) is 1. The summed E-state index contributed by atoms with van der Waals surface area (Å²) in [6.45, 7) is 0.210. The number of aliphatic carboxylic acids is 1. The van der Waals surface area contributed by atoms with Gasteiger partial charge in [-0.2, -0.15) is 0 Å². The number of nitrogens with one attached hydrogen (secondary N) is 1. The zero-order valence-corrected chi connectivity index (χ0v) is 15.3. The molecule has 0 saturated carbocycles. The minimum absolute atomic E-state index is 0.0518. The summed E-state index contributed by atoms with van der Waals surface area (Å²) < 4.78 is 19.9. The summed E-state index contributed by atoms with van der Waals surface area (Å²) in [6, 6.07) is 8.11. The van der Waals surface area contributed by atoms with Crippen molar-refractivity contribution in [3.63, 3.8) is 0 Å². The van der Waals surface area contributed by atoms with Crippen LogP contribution < -0.4 is 5.32 Å². The maximum atomic E-state index is 11.7. The Bertz CT molecular complexity index is 633. The molecule has 0 spiro atoms. The number of carbonyl (C=O) groups is 4. The van der Waals surface area contributed by atoms with Crippen LogP contribution in [0.2, 0.25) is 0 Å². The van der Waals surface area contributed by atoms with Crippen LogP contribution in [0.5, 0.6) is 0 Å². The fourth-order valence-electron chi connectivity index (χ4n) is 1.83. The molecule has 0 heterocycles. The van der Waals surface area contributed by atoms with Gasteiger partial charge in [-0.05, 0) is 0 Å². The highest BCUT2D eigenvalue weighted by atomic mass is 16.6. The lowest BCUT2D eigenvalue weighted by Gasteiger charge is -2.08. The number of carbonyl (C=O) groups excluding carboxylic acids is 3. The lowest BCUT2D eigenvalue weighted by molar-refractivity contribution is -0.143. The molecule has 0 radical (unpaired) electrons. The molecule has 0 bridgehead atoms. The average Bonchev–Trinajstić information content (AvgIpc) is 2.69. The van der Waals surface area contributed by atoms with E-state index in [9.17, 15) is 19.2 Å². The van der Waals surface area contributed by atoms with Crippen molar-refractivity contribution in [2.45, 2.75) is 0 Å². The number of ether oxygens (including phenoxy) is 4. The Labute approximate surface area is 161 Å². The van der Waals surface area contributed by atoms with Crippen molar-refractivity contribution >= 4 is 23.6 Å². The van der Waals surface area contributed by atoms with Crippen molar-refractivity contribution < 1.29 is 43.2 Å². The fraction of sp³-hybridized carbons (Fsp3) is 0.444. The van der Waals surface area contributed by atoms with Gasteiger partial charge in [0, 0.05) is 12.1 Å². The summed E-state index contributed by atoms with van der Waals surface area (Å²) in [5.74, 6) is -3.23. The predicted octanol–water partition coefficient (Wildman–Crippen LogP) is -0.337. The first-order chi connectivity index (χ1) is 13.5. The summed E-state index contributed by atoms with van der Waals surface area (Å²) in [5.41, 5.74) is 0.266. The molecule has 1 rings (SSSR count). The second-order valence-corrected chi connectivity index (χ2v) is 5.29. The molecule has 10 heteroatoms. The summed E-state index contributed by atoms with van der Waals surface area (Å²) in [5, 5.41) is 10.8. The van der Waals surface area contributed by atoms with Gasteiger partial charge in [-0.25, -0.2) is 9.59 Å². The highest BCUT2D eigenvalue weighted by Crippen LogP contribution is 2.01. The van der Waals surface area contributed by atoms with Gasteiger partial charge in [-0.3, -0.25) is 9.59 Å². The Hall–Kier alpha value is -2.82. The maximum Gasteiger partial charge on any atom is 0.379 e. The van der Waals surface area contributed by atoms with Crippen molar-refractivity contribution in [3.8, 4) is 0 Å². The van der Waals surface area contributed by atoms with Gasteiger partial charge in [0.2, 0.25) is 5.91 Å². The van der Waals surface area contributed by atoms with Crippen LogP contribution in [0, 0.1) is 0 Å². The lowest BCUT2D eigenvalue weighted by atomic mass is 10.1. The summed E-state index contributed by atoms with van der Waals surface area (Å²) in [7, 11) is 0. The highest BCUT2D eigenvalue weighted by Gasteiger charge is 2.16. The van der Waals surface area contributed by atoms with Crippen LogP contribution in [0.1, 0.15) is 10.4 Å². The van der Waals surface area contributed by atoms with Crippen molar-refractivity contribution in [1.82, 2.24) is 5.32 Å². The molecule has 0 aliphatic heterocycles. The number of esters is 1. The second-order valence-electron chi connectivity index (χ2n) is 5.29. The number of amides is 1. The topological polar surface area (TPSA) is 137 Å². The SMILES string of the molecule is O=C(O)COCC(=O)NCCOCCOCCOC(=O)C(=O)c1ccccc1. The first-order valence-electron chi connectivity index (χ1n) is 8.49. The molecule has 154 valence electrons. The minimum atomic E-state index is -1.14. The zero-order chi connectivity index (χ0) is 20.6. The van der Waals surface area contributed by atoms with E-state index in [4.69, 9.17) is 19.3 Å². The van der Waals surface area contributed by atoms with Gasteiger partial charge < -0.3 is 29.4 Å². The lowest BCUT2D eigenvalue weighted by Crippen LogP contribution is -2.31. The van der Waals surface area contributed by atoms with E-state index >= 15 is 0 Å². The van der Waals surface area contributed by atoms with Crippen molar-refractivity contribution in [1.29, 1.82) is 0 Å². The van der Waals surface area contributed by atoms with Crippen molar-refractivity contribution in [3.05, 3.63) is 35.9 Å². The molecule has 0 aliphatic rings. The van der Waals surface area contributed by atoms with Gasteiger partial charge >= 0.3 is 11.9 Å². The average molecular weight is 397 g/mol. The third-order valence-electron chi connectivity index (χ3n) is 3.08. The molecular formula is C18H23NO9. The molecule has 1 aromatic rings. The van der Waals surface area contributed by atoms with Gasteiger partial charge in [-0.15, -0.1) is 0 Å². The molecule has 0 saturated heterocycles. The summed E-state index contributed by atoms with van der Waals surface area (Å²) in [4.78, 5) is 44.8. The van der Waals surface area contributed by atoms with E-state index in [0.717, 1.165) is 0 Å². The Morgan fingerprint density at radius 3 is 2.14 bits per heavy atom. The molecule has 0 aliphatic carbocycles. The number of Topliss-reactive ketones (excluding diaryl/α,β-unsaturated/α-hetero) is 1. The van der Waals surface area contributed by atoms with Gasteiger partial charge in [0.15, 0.2) is 0 Å². The molecule has 1 aromatic carbocycles. The van der Waals surface area contributed by atoms with Crippen LogP contribution in [0.3, 0.4) is 0 Å². The molecule has 0 fully saturated rings. The number of hydrogen-bond acceptors (Lipinski definition) is 8. The summed E-state index contributed by atoms with van der Waals surface area (Å²) >= 11 is 0. The van der Waals surface area contributed by atoms with E-state index in [1.165, 1.54) is 12.1 Å². The van der Waals surface area contributed by atoms with Gasteiger partial charge in [0.05, 0.1) is 26.4 Å². The highest BCUT2D eigenvalue weighted by molar-refractivity contribution is 6.40. The Kier molecular flexibility index (Phi) is 11.8. The normalized spacial score (nSPS) is 10.3. The molecule has 0 aromatic heterocycles. The Morgan fingerprint density at radius 2 is 1.46 bits per heavy atom. The van der Waals surface area contributed by atoms with E-state index in [2.05, 4.69) is 10.1 Å². The number of benzene rings is 1. The van der Waals surface area contributed by atoms with E-state index < -0.39 is 30.2 Å². The quantitative estimate of drug-likeness (QED) is 0.176. The third-order valence-corrected chi connectivity index (χ3v) is 3.08. The molecule has 2 N–H and O–H groups in total. The monoisotopic (exact) mass is 397 g/mol. The maximum absolute atomic E-state index is 11.7. The largest absolute Gasteiger partial charge is 0.480 e. The minimum Gasteiger partial charge on any atom is -0.480 e. The fourth-order valence-corrected chi connectivity index (χ4v) is 1.83. The Morgan fingerprint density at radius 1 is 0.821 bits per heavy atom. The molecule has 0 atom stereocenters. The zero-order valence-electron chi connectivity index (χ0n) is 15.3. The van der Waals surface area contributed by atoms with Gasteiger partial charge in [0.1, 0.15) is 19.8 Å². The number of ketones is 1. The Balaban J connectivity index is 1.92. The third kappa shape index (κ3) is 11.0. The standard InChI is InChI=1S/C18H23NO9/c20-15(12-27-13-16(21)22)19-6-7-25-8-9-26-10-11-28-18(24)17(23)14-4-2-1-3-5-14/h1-5H,6-13H2,(H,19,20)(H,21,22). The van der Waals surface area contributed by atoms with Crippen LogP contribution in [0.4, 0.5) is 0 Å². The van der Waals surface area contributed by atoms with E-state index in [-0.39, 0.29) is 51.7 Å².